The van der Waals surface area contributed by atoms with Crippen LogP contribution in [0.5, 0.6) is 0 Å². The van der Waals surface area contributed by atoms with Crippen molar-refractivity contribution in [1.29, 1.82) is 0 Å². The van der Waals surface area contributed by atoms with E-state index in [1.54, 1.807) is 26.0 Å². The van der Waals surface area contributed by atoms with Crippen molar-refractivity contribution in [3.8, 4) is 0 Å². The van der Waals surface area contributed by atoms with Crippen LogP contribution < -0.4 is 0 Å². The van der Waals surface area contributed by atoms with Gasteiger partial charge in [0, 0.05) is 26.2 Å². The molecule has 0 bridgehead atoms. The van der Waals surface area contributed by atoms with Gasteiger partial charge >= 0.3 is 5.97 Å². The van der Waals surface area contributed by atoms with Crippen LogP contribution in [0.3, 0.4) is 0 Å². The number of aliphatic carboxylic acids is 1. The molecule has 0 aromatic heterocycles. The highest BCUT2D eigenvalue weighted by molar-refractivity contribution is 5.86. The standard InChI is InChI=1S/C9H16N2O3/c1-7(9(13)14)5-11(4)6-8(12)10(2)3/h1,5-6H2,2-4H3,(H,13,14). The van der Waals surface area contributed by atoms with Crippen LogP contribution in [-0.4, -0.2) is 61.0 Å². The first kappa shape index (κ1) is 12.6. The Bertz CT molecular complexity index is 248. The van der Waals surface area contributed by atoms with E-state index in [1.807, 2.05) is 0 Å². The third kappa shape index (κ3) is 4.61. The van der Waals surface area contributed by atoms with Crippen LogP contribution in [0.2, 0.25) is 0 Å². The summed E-state index contributed by atoms with van der Waals surface area (Å²) >= 11 is 0. The Balaban J connectivity index is 3.99. The lowest BCUT2D eigenvalue weighted by molar-refractivity contribution is -0.133. The minimum absolute atomic E-state index is 0.0642. The van der Waals surface area contributed by atoms with Crippen LogP contribution in [0, 0.1) is 0 Å². The SMILES string of the molecule is C=C(CN(C)CC(=O)N(C)C)C(=O)O. The Hall–Kier alpha value is -1.36. The van der Waals surface area contributed by atoms with Gasteiger partial charge in [-0.25, -0.2) is 4.79 Å². The molecule has 0 aliphatic carbocycles. The van der Waals surface area contributed by atoms with Crippen molar-refractivity contribution in [2.75, 3.05) is 34.2 Å². The van der Waals surface area contributed by atoms with Crippen LogP contribution in [0.15, 0.2) is 12.2 Å². The first-order chi connectivity index (χ1) is 6.34. The van der Waals surface area contributed by atoms with Crippen molar-refractivity contribution in [2.45, 2.75) is 0 Å². The minimum Gasteiger partial charge on any atom is -0.478 e. The molecule has 0 aliphatic heterocycles. The Labute approximate surface area is 83.6 Å². The summed E-state index contributed by atoms with van der Waals surface area (Å²) in [7, 11) is 4.99. The normalized spacial score (nSPS) is 10.0. The van der Waals surface area contributed by atoms with E-state index in [9.17, 15) is 9.59 Å². The quantitative estimate of drug-likeness (QED) is 0.616. The van der Waals surface area contributed by atoms with Crippen LogP contribution >= 0.6 is 0 Å². The van der Waals surface area contributed by atoms with Crippen molar-refractivity contribution in [1.82, 2.24) is 9.80 Å². The average molecular weight is 200 g/mol. The van der Waals surface area contributed by atoms with E-state index in [1.165, 1.54) is 4.90 Å². The maximum atomic E-state index is 11.2. The van der Waals surface area contributed by atoms with E-state index in [-0.39, 0.29) is 24.6 Å². The third-order valence-corrected chi connectivity index (χ3v) is 1.67. The third-order valence-electron chi connectivity index (χ3n) is 1.67. The Morgan fingerprint density at radius 1 is 1.21 bits per heavy atom. The summed E-state index contributed by atoms with van der Waals surface area (Å²) < 4.78 is 0. The molecule has 1 amide bonds. The molecular weight excluding hydrogens is 184 g/mol. The molecule has 0 atom stereocenters. The number of nitrogens with zero attached hydrogens (tertiary/aromatic N) is 2. The first-order valence-electron chi connectivity index (χ1n) is 4.14. The van der Waals surface area contributed by atoms with E-state index in [0.29, 0.717) is 0 Å². The summed E-state index contributed by atoms with van der Waals surface area (Å²) in [5.41, 5.74) is 0.0825. The fraction of sp³-hybridized carbons (Fsp3) is 0.556. The fourth-order valence-corrected chi connectivity index (χ4v) is 0.822. The van der Waals surface area contributed by atoms with Gasteiger partial charge in [0.05, 0.1) is 6.54 Å². The van der Waals surface area contributed by atoms with Crippen molar-refractivity contribution >= 4 is 11.9 Å². The summed E-state index contributed by atoms with van der Waals surface area (Å²) in [6.45, 7) is 3.76. The molecule has 0 aromatic rings. The maximum Gasteiger partial charge on any atom is 0.332 e. The van der Waals surface area contributed by atoms with Crippen LogP contribution in [0.25, 0.3) is 0 Å². The highest BCUT2D eigenvalue weighted by Crippen LogP contribution is 1.95. The van der Waals surface area contributed by atoms with Gasteiger partial charge in [0.2, 0.25) is 5.91 Å². The van der Waals surface area contributed by atoms with Crippen molar-refractivity contribution in [2.24, 2.45) is 0 Å². The van der Waals surface area contributed by atoms with Gasteiger partial charge in [0.25, 0.3) is 0 Å². The summed E-state index contributed by atoms with van der Waals surface area (Å²) in [6.07, 6.45) is 0. The topological polar surface area (TPSA) is 60.9 Å². The minimum atomic E-state index is -1.03. The molecule has 0 aliphatic rings. The van der Waals surface area contributed by atoms with Gasteiger partial charge in [0.15, 0.2) is 0 Å². The number of carboxylic acids is 1. The van der Waals surface area contributed by atoms with Gasteiger partial charge < -0.3 is 10.0 Å². The second kappa shape index (κ2) is 5.39. The zero-order valence-corrected chi connectivity index (χ0v) is 8.78. The first-order valence-corrected chi connectivity index (χ1v) is 4.14. The van der Waals surface area contributed by atoms with E-state index >= 15 is 0 Å². The molecule has 0 spiro atoms. The highest BCUT2D eigenvalue weighted by Gasteiger charge is 2.11. The monoisotopic (exact) mass is 200 g/mol. The molecular formula is C9H16N2O3. The lowest BCUT2D eigenvalue weighted by Crippen LogP contribution is -2.35. The average Bonchev–Trinajstić information content (AvgIpc) is 2.03. The smallest absolute Gasteiger partial charge is 0.332 e. The van der Waals surface area contributed by atoms with Crippen LogP contribution in [0.1, 0.15) is 0 Å². The fourth-order valence-electron chi connectivity index (χ4n) is 0.822. The molecule has 0 unspecified atom stereocenters. The van der Waals surface area contributed by atoms with Gasteiger partial charge in [-0.1, -0.05) is 6.58 Å². The summed E-state index contributed by atoms with van der Waals surface area (Å²) in [4.78, 5) is 24.7. The number of amides is 1. The number of hydrogen-bond donors (Lipinski definition) is 1. The molecule has 0 radical (unpaired) electrons. The molecule has 80 valence electrons. The van der Waals surface area contributed by atoms with E-state index in [4.69, 9.17) is 5.11 Å². The summed E-state index contributed by atoms with van der Waals surface area (Å²) in [5, 5.41) is 8.55. The molecule has 14 heavy (non-hydrogen) atoms. The Morgan fingerprint density at radius 3 is 2.07 bits per heavy atom. The summed E-state index contributed by atoms with van der Waals surface area (Å²) in [6, 6.07) is 0. The van der Waals surface area contributed by atoms with Crippen LogP contribution in [0.4, 0.5) is 0 Å². The molecule has 5 heteroatoms. The Morgan fingerprint density at radius 2 is 1.71 bits per heavy atom. The van der Waals surface area contributed by atoms with Gasteiger partial charge in [-0.15, -0.1) is 0 Å². The number of rotatable bonds is 5. The van der Waals surface area contributed by atoms with E-state index < -0.39 is 5.97 Å². The van der Waals surface area contributed by atoms with Gasteiger partial charge in [-0.3, -0.25) is 9.69 Å². The van der Waals surface area contributed by atoms with Crippen LogP contribution in [-0.2, 0) is 9.59 Å². The molecule has 1 N–H and O–H groups in total. The molecule has 0 saturated carbocycles. The van der Waals surface area contributed by atoms with Crippen molar-refractivity contribution in [3.63, 3.8) is 0 Å². The number of carbonyl (C=O) groups is 2. The lowest BCUT2D eigenvalue weighted by Gasteiger charge is -2.18. The molecule has 0 heterocycles. The van der Waals surface area contributed by atoms with Crippen molar-refractivity contribution < 1.29 is 14.7 Å². The van der Waals surface area contributed by atoms with Gasteiger partial charge in [-0.2, -0.15) is 0 Å². The predicted molar refractivity (Wildman–Crippen MR) is 53.0 cm³/mol. The number of likely N-dealkylation sites (N-methyl/N-ethyl adjacent to an activating group) is 2. The molecule has 0 saturated heterocycles. The highest BCUT2D eigenvalue weighted by atomic mass is 16.4. The Kier molecular flexibility index (Phi) is 4.86. The largest absolute Gasteiger partial charge is 0.478 e. The number of hydrogen-bond acceptors (Lipinski definition) is 3. The van der Waals surface area contributed by atoms with Gasteiger partial charge in [0.1, 0.15) is 0 Å². The lowest BCUT2D eigenvalue weighted by atomic mass is 10.3. The van der Waals surface area contributed by atoms with Crippen molar-refractivity contribution in [3.05, 3.63) is 12.2 Å². The summed E-state index contributed by atoms with van der Waals surface area (Å²) in [5.74, 6) is -1.10. The number of carbonyl (C=O) groups excluding carboxylic acids is 1. The van der Waals surface area contributed by atoms with E-state index in [2.05, 4.69) is 6.58 Å². The second-order valence-corrected chi connectivity index (χ2v) is 3.37. The number of carboxylic acid groups (broad SMARTS) is 1. The molecule has 0 aromatic carbocycles. The van der Waals surface area contributed by atoms with E-state index in [0.717, 1.165) is 0 Å². The zero-order valence-electron chi connectivity index (χ0n) is 8.78. The maximum absolute atomic E-state index is 11.2. The van der Waals surface area contributed by atoms with Gasteiger partial charge in [-0.05, 0) is 7.05 Å². The molecule has 0 rings (SSSR count). The second-order valence-electron chi connectivity index (χ2n) is 3.37. The zero-order chi connectivity index (χ0) is 11.3. The molecule has 5 nitrogen and oxygen atoms in total. The predicted octanol–water partition coefficient (Wildman–Crippen LogP) is -0.353. The molecule has 0 fully saturated rings.